The Labute approximate surface area is 139 Å². The lowest BCUT2D eigenvalue weighted by molar-refractivity contribution is 0.247. The van der Waals surface area contributed by atoms with E-state index in [1.54, 1.807) is 0 Å². The molecule has 0 aliphatic rings. The maximum absolute atomic E-state index is 11.8. The highest BCUT2D eigenvalue weighted by molar-refractivity contribution is 9.10. The fourth-order valence-electron chi connectivity index (χ4n) is 1.81. The van der Waals surface area contributed by atoms with Gasteiger partial charge in [0.15, 0.2) is 0 Å². The van der Waals surface area contributed by atoms with Gasteiger partial charge in [0.2, 0.25) is 0 Å². The number of amides is 2. The first-order valence-electron chi connectivity index (χ1n) is 7.05. The van der Waals surface area contributed by atoms with Crippen molar-refractivity contribution < 1.29 is 9.53 Å². The van der Waals surface area contributed by atoms with Gasteiger partial charge in [-0.3, -0.25) is 0 Å². The minimum Gasteiger partial charge on any atom is -0.492 e. The van der Waals surface area contributed by atoms with Gasteiger partial charge in [-0.2, -0.15) is 0 Å². The largest absolute Gasteiger partial charge is 0.492 e. The Kier molecular flexibility index (Phi) is 5.83. The maximum atomic E-state index is 11.8. The van der Waals surface area contributed by atoms with Crippen LogP contribution in [0.2, 0.25) is 0 Å². The second-order valence-electron chi connectivity index (χ2n) is 5.01. The van der Waals surface area contributed by atoms with Crippen molar-refractivity contribution in [3.8, 4) is 5.75 Å². The minimum absolute atomic E-state index is 0.247. The SMILES string of the molecule is Cc1ccc(OCCNC(=O)Nc2ccc(C)c(Br)c2)cc1. The summed E-state index contributed by atoms with van der Waals surface area (Å²) in [6.45, 7) is 4.89. The first-order valence-corrected chi connectivity index (χ1v) is 7.84. The van der Waals surface area contributed by atoms with Gasteiger partial charge in [0, 0.05) is 10.2 Å². The summed E-state index contributed by atoms with van der Waals surface area (Å²) in [5, 5.41) is 5.54. The summed E-state index contributed by atoms with van der Waals surface area (Å²) < 4.78 is 6.51. The molecule has 2 rings (SSSR count). The van der Waals surface area contributed by atoms with E-state index >= 15 is 0 Å². The van der Waals surface area contributed by atoms with Crippen LogP contribution in [-0.4, -0.2) is 19.2 Å². The molecule has 0 bridgehead atoms. The fourth-order valence-corrected chi connectivity index (χ4v) is 2.19. The average Bonchev–Trinajstić information content (AvgIpc) is 2.49. The quantitative estimate of drug-likeness (QED) is 0.780. The van der Waals surface area contributed by atoms with E-state index in [0.717, 1.165) is 21.5 Å². The second-order valence-corrected chi connectivity index (χ2v) is 5.86. The molecule has 0 saturated carbocycles. The summed E-state index contributed by atoms with van der Waals surface area (Å²) in [4.78, 5) is 11.8. The molecule has 0 saturated heterocycles. The number of carbonyl (C=O) groups is 1. The summed E-state index contributed by atoms with van der Waals surface area (Å²) in [6.07, 6.45) is 0. The molecular formula is C17H19BrN2O2. The van der Waals surface area contributed by atoms with Gasteiger partial charge in [-0.05, 0) is 43.7 Å². The van der Waals surface area contributed by atoms with Gasteiger partial charge >= 0.3 is 6.03 Å². The third-order valence-corrected chi connectivity index (χ3v) is 3.96. The van der Waals surface area contributed by atoms with Crippen molar-refractivity contribution in [1.29, 1.82) is 0 Å². The third kappa shape index (κ3) is 5.07. The van der Waals surface area contributed by atoms with Crippen LogP contribution >= 0.6 is 15.9 Å². The summed E-state index contributed by atoms with van der Waals surface area (Å²) in [6, 6.07) is 13.2. The first-order chi connectivity index (χ1) is 10.5. The van der Waals surface area contributed by atoms with E-state index in [9.17, 15) is 4.79 Å². The van der Waals surface area contributed by atoms with Gasteiger partial charge in [0.05, 0.1) is 6.54 Å². The molecule has 0 radical (unpaired) electrons. The third-order valence-electron chi connectivity index (χ3n) is 3.11. The van der Waals surface area contributed by atoms with Crippen LogP contribution in [0.25, 0.3) is 0 Å². The summed E-state index contributed by atoms with van der Waals surface area (Å²) in [5.74, 6) is 0.801. The Morgan fingerprint density at radius 3 is 2.55 bits per heavy atom. The van der Waals surface area contributed by atoms with E-state index in [4.69, 9.17) is 4.74 Å². The average molecular weight is 363 g/mol. The molecule has 0 aromatic heterocycles. The van der Waals surface area contributed by atoms with Gasteiger partial charge in [-0.1, -0.05) is 39.7 Å². The lowest BCUT2D eigenvalue weighted by Crippen LogP contribution is -2.32. The van der Waals surface area contributed by atoms with Crippen molar-refractivity contribution in [2.24, 2.45) is 0 Å². The van der Waals surface area contributed by atoms with Crippen molar-refractivity contribution in [1.82, 2.24) is 5.32 Å². The Morgan fingerprint density at radius 1 is 1.14 bits per heavy atom. The molecule has 116 valence electrons. The van der Waals surface area contributed by atoms with Gasteiger partial charge in [0.1, 0.15) is 12.4 Å². The van der Waals surface area contributed by atoms with Gasteiger partial charge in [-0.15, -0.1) is 0 Å². The zero-order valence-electron chi connectivity index (χ0n) is 12.7. The fraction of sp³-hybridized carbons (Fsp3) is 0.235. The van der Waals surface area contributed by atoms with Crippen molar-refractivity contribution in [3.05, 3.63) is 58.1 Å². The number of benzene rings is 2. The van der Waals surface area contributed by atoms with Gasteiger partial charge in [-0.25, -0.2) is 4.79 Å². The lowest BCUT2D eigenvalue weighted by Gasteiger charge is -2.10. The predicted molar refractivity (Wildman–Crippen MR) is 92.6 cm³/mol. The van der Waals surface area contributed by atoms with E-state index in [0.29, 0.717) is 13.2 Å². The standard InChI is InChI=1S/C17H19BrN2O2/c1-12-3-7-15(8-4-12)22-10-9-19-17(21)20-14-6-5-13(2)16(18)11-14/h3-8,11H,9-10H2,1-2H3,(H2,19,20,21). The molecule has 2 aromatic rings. The summed E-state index contributed by atoms with van der Waals surface area (Å²) in [5.41, 5.74) is 3.06. The Balaban J connectivity index is 1.71. The normalized spacial score (nSPS) is 10.1. The number of anilines is 1. The van der Waals surface area contributed by atoms with Crippen LogP contribution in [0, 0.1) is 13.8 Å². The molecule has 2 amide bonds. The topological polar surface area (TPSA) is 50.4 Å². The second kappa shape index (κ2) is 7.84. The van der Waals surface area contributed by atoms with Crippen molar-refractivity contribution in [3.63, 3.8) is 0 Å². The van der Waals surface area contributed by atoms with Crippen LogP contribution in [-0.2, 0) is 0 Å². The van der Waals surface area contributed by atoms with Crippen LogP contribution in [0.1, 0.15) is 11.1 Å². The van der Waals surface area contributed by atoms with Crippen LogP contribution in [0.5, 0.6) is 5.75 Å². The van der Waals surface area contributed by atoms with Crippen LogP contribution < -0.4 is 15.4 Å². The number of nitrogens with one attached hydrogen (secondary N) is 2. The molecule has 0 heterocycles. The molecule has 0 fully saturated rings. The highest BCUT2D eigenvalue weighted by Crippen LogP contribution is 2.20. The van der Waals surface area contributed by atoms with Gasteiger partial charge in [0.25, 0.3) is 0 Å². The van der Waals surface area contributed by atoms with Crippen molar-refractivity contribution >= 4 is 27.6 Å². The number of hydrogen-bond acceptors (Lipinski definition) is 2. The predicted octanol–water partition coefficient (Wildman–Crippen LogP) is 4.27. The van der Waals surface area contributed by atoms with Gasteiger partial charge < -0.3 is 15.4 Å². The van der Waals surface area contributed by atoms with E-state index in [1.165, 1.54) is 5.56 Å². The number of urea groups is 1. The molecule has 22 heavy (non-hydrogen) atoms. The minimum atomic E-state index is -0.247. The molecule has 0 unspecified atom stereocenters. The molecule has 0 aliphatic heterocycles. The maximum Gasteiger partial charge on any atom is 0.319 e. The zero-order chi connectivity index (χ0) is 15.9. The highest BCUT2D eigenvalue weighted by atomic mass is 79.9. The Morgan fingerprint density at radius 2 is 1.86 bits per heavy atom. The number of aryl methyl sites for hydroxylation is 2. The Hall–Kier alpha value is -2.01. The molecule has 2 aromatic carbocycles. The molecule has 0 atom stereocenters. The highest BCUT2D eigenvalue weighted by Gasteiger charge is 2.03. The number of ether oxygens (including phenoxy) is 1. The van der Waals surface area contributed by atoms with Crippen LogP contribution in [0.15, 0.2) is 46.9 Å². The number of carbonyl (C=O) groups excluding carboxylic acids is 1. The molecule has 4 nitrogen and oxygen atoms in total. The smallest absolute Gasteiger partial charge is 0.319 e. The van der Waals surface area contributed by atoms with Crippen molar-refractivity contribution in [2.45, 2.75) is 13.8 Å². The monoisotopic (exact) mass is 362 g/mol. The van der Waals surface area contributed by atoms with E-state index in [1.807, 2.05) is 56.3 Å². The zero-order valence-corrected chi connectivity index (χ0v) is 14.2. The summed E-state index contributed by atoms with van der Waals surface area (Å²) >= 11 is 3.44. The van der Waals surface area contributed by atoms with Crippen LogP contribution in [0.4, 0.5) is 10.5 Å². The molecule has 0 spiro atoms. The van der Waals surface area contributed by atoms with Crippen LogP contribution in [0.3, 0.4) is 0 Å². The van der Waals surface area contributed by atoms with E-state index in [-0.39, 0.29) is 6.03 Å². The van der Waals surface area contributed by atoms with Crippen molar-refractivity contribution in [2.75, 3.05) is 18.5 Å². The lowest BCUT2D eigenvalue weighted by atomic mass is 10.2. The summed E-state index contributed by atoms with van der Waals surface area (Å²) in [7, 11) is 0. The first kappa shape index (κ1) is 16.4. The molecule has 0 aliphatic carbocycles. The van der Waals surface area contributed by atoms with E-state index < -0.39 is 0 Å². The number of hydrogen-bond donors (Lipinski definition) is 2. The molecular weight excluding hydrogens is 344 g/mol. The molecule has 5 heteroatoms. The van der Waals surface area contributed by atoms with E-state index in [2.05, 4.69) is 26.6 Å². The molecule has 2 N–H and O–H groups in total. The number of halogens is 1. The Bertz CT molecular complexity index is 642. The number of rotatable bonds is 5.